The van der Waals surface area contributed by atoms with Gasteiger partial charge in [-0.3, -0.25) is 9.59 Å². The zero-order chi connectivity index (χ0) is 67.5. The number of carbonyl (C=O) groups excluding carboxylic acids is 2. The Hall–Kier alpha value is -5.35. The third kappa shape index (κ3) is 73.9. The Morgan fingerprint density at radius 2 is 0.581 bits per heavy atom. The predicted octanol–water partition coefficient (Wildman–Crippen LogP) is 23.8. The van der Waals surface area contributed by atoms with Crippen molar-refractivity contribution < 1.29 is 42.9 Å². The monoisotopic (exact) mass is 1290 g/mol. The van der Waals surface area contributed by atoms with E-state index < -0.39 is 24.3 Å². The lowest BCUT2D eigenvalue weighted by Crippen LogP contribution is -2.40. The summed E-state index contributed by atoms with van der Waals surface area (Å²) in [6.07, 6.45) is 106. The summed E-state index contributed by atoms with van der Waals surface area (Å²) in [4.78, 5) is 37.7. The minimum Gasteiger partial charge on any atom is -0.477 e. The number of carboxylic acids is 1. The molecule has 0 fully saturated rings. The molecule has 9 heteroatoms. The minimum absolute atomic E-state index is 0.175. The van der Waals surface area contributed by atoms with E-state index in [2.05, 4.69) is 184 Å². The highest BCUT2D eigenvalue weighted by Gasteiger charge is 2.25. The number of carboxylic acid groups (broad SMARTS) is 1. The molecule has 0 saturated heterocycles. The molecule has 93 heavy (non-hydrogen) atoms. The Balaban J connectivity index is 4.18. The Bertz CT molecular complexity index is 2140. The molecule has 2 atom stereocenters. The molecule has 0 aliphatic carbocycles. The Kier molecular flexibility index (Phi) is 68.3. The van der Waals surface area contributed by atoms with Crippen molar-refractivity contribution in [2.24, 2.45) is 0 Å². The SMILES string of the molecule is CC/C=C\C/C=C\C/C=C\C/C=C\C/C=C\C/C=C\C/C=C\C/C=C\C/C=C\C/C=C\CCCCCCC(=O)OC(COC(=O)CCCCCCCCCCCCCCCCCCCCCC/C=C\C/C=C\C/C=C\C/C=C\CC)COC(OCC[N+](C)(C)C)C(=O)O. The first-order valence-corrected chi connectivity index (χ1v) is 37.3. The van der Waals surface area contributed by atoms with Crippen molar-refractivity contribution in [2.75, 3.05) is 47.5 Å². The number of rotatable bonds is 67. The summed E-state index contributed by atoms with van der Waals surface area (Å²) in [7, 11) is 5.96. The van der Waals surface area contributed by atoms with Gasteiger partial charge < -0.3 is 28.5 Å². The van der Waals surface area contributed by atoms with Crippen LogP contribution in [-0.4, -0.2) is 87.4 Å². The van der Waals surface area contributed by atoms with E-state index in [4.69, 9.17) is 18.9 Å². The molecule has 0 heterocycles. The highest BCUT2D eigenvalue weighted by molar-refractivity contribution is 5.71. The molecule has 0 rings (SSSR count). The molecule has 526 valence electrons. The second kappa shape index (κ2) is 72.5. The molecule has 9 nitrogen and oxygen atoms in total. The fourth-order valence-corrected chi connectivity index (χ4v) is 9.86. The van der Waals surface area contributed by atoms with E-state index in [1.807, 2.05) is 21.1 Å². The maximum Gasteiger partial charge on any atom is 0.361 e. The van der Waals surface area contributed by atoms with E-state index in [9.17, 15) is 19.5 Å². The molecule has 0 saturated carbocycles. The second-order valence-corrected chi connectivity index (χ2v) is 25.5. The fraction of sp³-hybridized carbons (Fsp3) is 0.631. The molecule has 0 aromatic rings. The summed E-state index contributed by atoms with van der Waals surface area (Å²) in [5, 5.41) is 9.76. The molecule has 0 amide bonds. The molecule has 0 aromatic heterocycles. The second-order valence-electron chi connectivity index (χ2n) is 25.5. The molecular weight excluding hydrogens is 1150 g/mol. The van der Waals surface area contributed by atoms with Crippen molar-refractivity contribution >= 4 is 17.9 Å². The van der Waals surface area contributed by atoms with Gasteiger partial charge in [0, 0.05) is 12.8 Å². The van der Waals surface area contributed by atoms with Crippen LogP contribution < -0.4 is 0 Å². The average molecular weight is 1290 g/mol. The first-order chi connectivity index (χ1) is 45.6. The molecule has 0 aromatic carbocycles. The van der Waals surface area contributed by atoms with Gasteiger partial charge in [-0.2, -0.15) is 0 Å². The van der Waals surface area contributed by atoms with Crippen LogP contribution in [0.1, 0.15) is 284 Å². The average Bonchev–Trinajstić information content (AvgIpc) is 3.74. The molecule has 0 aliphatic rings. The molecule has 2 unspecified atom stereocenters. The van der Waals surface area contributed by atoms with Gasteiger partial charge >= 0.3 is 17.9 Å². The summed E-state index contributed by atoms with van der Waals surface area (Å²) < 4.78 is 23.0. The number of aliphatic carboxylic acids is 1. The first-order valence-electron chi connectivity index (χ1n) is 37.3. The van der Waals surface area contributed by atoms with Crippen LogP contribution in [0.15, 0.2) is 170 Å². The number of ether oxygens (including phenoxy) is 4. The largest absolute Gasteiger partial charge is 0.477 e. The van der Waals surface area contributed by atoms with Crippen LogP contribution >= 0.6 is 0 Å². The van der Waals surface area contributed by atoms with Gasteiger partial charge in [-0.05, 0) is 128 Å². The van der Waals surface area contributed by atoms with E-state index in [-0.39, 0.29) is 38.6 Å². The van der Waals surface area contributed by atoms with Gasteiger partial charge in [-0.1, -0.05) is 312 Å². The molecule has 0 bridgehead atoms. The summed E-state index contributed by atoms with van der Waals surface area (Å²) in [5.74, 6) is -2.05. The Labute approximate surface area is 571 Å². The van der Waals surface area contributed by atoms with E-state index in [1.165, 1.54) is 116 Å². The van der Waals surface area contributed by atoms with E-state index in [1.54, 1.807) is 0 Å². The lowest BCUT2D eigenvalue weighted by atomic mass is 10.0. The highest BCUT2D eigenvalue weighted by atomic mass is 16.7. The van der Waals surface area contributed by atoms with Crippen LogP contribution in [-0.2, 0) is 33.3 Å². The van der Waals surface area contributed by atoms with Gasteiger partial charge in [0.1, 0.15) is 13.2 Å². The maximum absolute atomic E-state index is 13.0. The van der Waals surface area contributed by atoms with Crippen molar-refractivity contribution in [1.82, 2.24) is 0 Å². The van der Waals surface area contributed by atoms with Gasteiger partial charge in [0.05, 0.1) is 34.4 Å². The number of hydrogen-bond donors (Lipinski definition) is 1. The van der Waals surface area contributed by atoms with Crippen LogP contribution in [0, 0.1) is 0 Å². The third-order valence-corrected chi connectivity index (χ3v) is 15.5. The van der Waals surface area contributed by atoms with Gasteiger partial charge in [-0.15, -0.1) is 0 Å². The van der Waals surface area contributed by atoms with Gasteiger partial charge in [0.2, 0.25) is 0 Å². The normalized spacial score (nSPS) is 13.7. The number of hydrogen-bond acceptors (Lipinski definition) is 7. The quantitative estimate of drug-likeness (QED) is 0.0211. The van der Waals surface area contributed by atoms with Crippen molar-refractivity contribution in [3.63, 3.8) is 0 Å². The van der Waals surface area contributed by atoms with Crippen molar-refractivity contribution in [3.8, 4) is 0 Å². The Morgan fingerprint density at radius 3 is 0.860 bits per heavy atom. The van der Waals surface area contributed by atoms with Crippen LogP contribution in [0.4, 0.5) is 0 Å². The van der Waals surface area contributed by atoms with E-state index in [0.717, 1.165) is 135 Å². The van der Waals surface area contributed by atoms with E-state index >= 15 is 0 Å². The highest BCUT2D eigenvalue weighted by Crippen LogP contribution is 2.17. The summed E-state index contributed by atoms with van der Waals surface area (Å²) in [6.45, 7) is 4.62. The first kappa shape index (κ1) is 87.7. The number of likely N-dealkylation sites (N-methyl/N-ethyl adjacent to an activating group) is 1. The number of nitrogens with zero attached hydrogens (tertiary/aromatic N) is 1. The number of quaternary nitrogens is 1. The van der Waals surface area contributed by atoms with Crippen LogP contribution in [0.3, 0.4) is 0 Å². The standard InChI is InChI=1S/C84H137NO8/c1-6-8-10-12-14-16-18-20-22-24-26-28-30-32-34-36-38-40-41-43-45-47-49-51-53-55-57-59-61-63-65-67-69-71-73-75-82(87)93-80(79-92-84(83(88)89)90-77-76-85(3,4)5)78-91-81(86)74-72-70-68-66-64-62-60-58-56-54-52-50-48-46-44-42-39-37-35-33-31-29-27-25-23-21-19-17-15-13-11-9-7-2/h8-11,14-17,20-23,26-29,32,34,38,40,43,45,49,51,55,57,61,63,80,84H,6-7,12-13,18-19,24-25,30-31,33,35-37,39,41-42,44,46-48,50,52-54,56,58-60,62,64-79H2,1-5H3/p+1/b10-8-,11-9-,16-14-,17-15-,22-20-,23-21-,28-26-,29-27-,34-32-,40-38-,45-43-,51-49-,57-55-,63-61-. The number of allylic oxidation sites excluding steroid dienone is 28. The number of carbonyl (C=O) groups is 3. The van der Waals surface area contributed by atoms with Crippen molar-refractivity contribution in [1.29, 1.82) is 0 Å². The maximum atomic E-state index is 13.0. The zero-order valence-electron chi connectivity index (χ0n) is 60.1. The van der Waals surface area contributed by atoms with Gasteiger partial charge in [0.25, 0.3) is 6.29 Å². The molecule has 0 radical (unpaired) electrons. The van der Waals surface area contributed by atoms with Crippen LogP contribution in [0.25, 0.3) is 0 Å². The van der Waals surface area contributed by atoms with Crippen LogP contribution in [0.2, 0.25) is 0 Å². The predicted molar refractivity (Wildman–Crippen MR) is 400 cm³/mol. The summed E-state index contributed by atoms with van der Waals surface area (Å²) in [6, 6.07) is 0. The topological polar surface area (TPSA) is 108 Å². The van der Waals surface area contributed by atoms with Crippen molar-refractivity contribution in [3.05, 3.63) is 170 Å². The Morgan fingerprint density at radius 1 is 0.323 bits per heavy atom. The lowest BCUT2D eigenvalue weighted by Gasteiger charge is -2.25. The fourth-order valence-electron chi connectivity index (χ4n) is 9.86. The van der Waals surface area contributed by atoms with Gasteiger partial charge in [0.15, 0.2) is 6.10 Å². The molecule has 1 N–H and O–H groups in total. The van der Waals surface area contributed by atoms with Gasteiger partial charge in [-0.25, -0.2) is 4.79 Å². The summed E-state index contributed by atoms with van der Waals surface area (Å²) >= 11 is 0. The number of unbranched alkanes of at least 4 members (excludes halogenated alkanes) is 24. The minimum atomic E-state index is -1.53. The zero-order valence-corrected chi connectivity index (χ0v) is 60.1. The van der Waals surface area contributed by atoms with Crippen molar-refractivity contribution in [2.45, 2.75) is 296 Å². The summed E-state index contributed by atoms with van der Waals surface area (Å²) in [5.41, 5.74) is 0. The molecular formula is C84H138NO8+. The molecule has 0 spiro atoms. The third-order valence-electron chi connectivity index (χ3n) is 15.5. The number of esters is 2. The molecule has 0 aliphatic heterocycles. The lowest BCUT2D eigenvalue weighted by molar-refractivity contribution is -0.870. The van der Waals surface area contributed by atoms with Crippen LogP contribution in [0.5, 0.6) is 0 Å². The van der Waals surface area contributed by atoms with E-state index in [0.29, 0.717) is 17.4 Å². The smallest absolute Gasteiger partial charge is 0.361 e.